The van der Waals surface area contributed by atoms with E-state index in [1.54, 1.807) is 0 Å². The molecule has 0 spiro atoms. The molecule has 92 valence electrons. The van der Waals surface area contributed by atoms with Crippen molar-refractivity contribution >= 4 is 5.91 Å². The van der Waals surface area contributed by atoms with E-state index in [1.807, 2.05) is 0 Å². The van der Waals surface area contributed by atoms with E-state index in [2.05, 4.69) is 10.6 Å². The number of hydrogen-bond donors (Lipinski definition) is 2. The standard InChI is InChI=1S/C12H22N2O2/c15-12(14-11-1-2-11)3-6-13-9-10-4-7-16-8-5-10/h10-11,13H,1-9H2,(H,14,15). The molecule has 0 aromatic carbocycles. The Hall–Kier alpha value is -0.610. The second-order valence-corrected chi connectivity index (χ2v) is 4.85. The largest absolute Gasteiger partial charge is 0.381 e. The summed E-state index contributed by atoms with van der Waals surface area (Å²) in [6.07, 6.45) is 5.25. The van der Waals surface area contributed by atoms with Gasteiger partial charge in [-0.15, -0.1) is 0 Å². The first-order valence-corrected chi connectivity index (χ1v) is 6.42. The molecule has 2 aliphatic rings. The van der Waals surface area contributed by atoms with Crippen LogP contribution in [0, 0.1) is 5.92 Å². The number of rotatable bonds is 6. The van der Waals surface area contributed by atoms with Crippen LogP contribution in [0.2, 0.25) is 0 Å². The maximum atomic E-state index is 11.4. The van der Waals surface area contributed by atoms with Crippen LogP contribution in [0.25, 0.3) is 0 Å². The fourth-order valence-corrected chi connectivity index (χ4v) is 1.99. The van der Waals surface area contributed by atoms with E-state index in [0.29, 0.717) is 12.5 Å². The topological polar surface area (TPSA) is 50.4 Å². The Balaban J connectivity index is 1.45. The third-order valence-corrected chi connectivity index (χ3v) is 3.25. The molecule has 1 amide bonds. The molecule has 0 unspecified atom stereocenters. The molecule has 16 heavy (non-hydrogen) atoms. The van der Waals surface area contributed by atoms with Crippen LogP contribution >= 0.6 is 0 Å². The van der Waals surface area contributed by atoms with E-state index in [0.717, 1.165) is 45.1 Å². The number of carbonyl (C=O) groups excluding carboxylic acids is 1. The molecule has 2 N–H and O–H groups in total. The van der Waals surface area contributed by atoms with Crippen LogP contribution in [-0.4, -0.2) is 38.3 Å². The monoisotopic (exact) mass is 226 g/mol. The van der Waals surface area contributed by atoms with Crippen LogP contribution in [0.15, 0.2) is 0 Å². The van der Waals surface area contributed by atoms with E-state index < -0.39 is 0 Å². The average molecular weight is 226 g/mol. The summed E-state index contributed by atoms with van der Waals surface area (Å²) < 4.78 is 5.30. The number of ether oxygens (including phenoxy) is 1. The Morgan fingerprint density at radius 1 is 1.19 bits per heavy atom. The van der Waals surface area contributed by atoms with Crippen LogP contribution in [0.4, 0.5) is 0 Å². The lowest BCUT2D eigenvalue weighted by molar-refractivity contribution is -0.121. The fourth-order valence-electron chi connectivity index (χ4n) is 1.99. The Bertz CT molecular complexity index is 223. The molecule has 1 saturated heterocycles. The highest BCUT2D eigenvalue weighted by Crippen LogP contribution is 2.18. The van der Waals surface area contributed by atoms with Crippen LogP contribution in [0.3, 0.4) is 0 Å². The number of hydrogen-bond acceptors (Lipinski definition) is 3. The molecule has 0 atom stereocenters. The lowest BCUT2D eigenvalue weighted by Gasteiger charge is -2.22. The SMILES string of the molecule is O=C(CCNCC1CCOCC1)NC1CC1. The Morgan fingerprint density at radius 2 is 1.94 bits per heavy atom. The molecule has 0 aromatic rings. The van der Waals surface area contributed by atoms with Crippen LogP contribution < -0.4 is 10.6 Å². The van der Waals surface area contributed by atoms with Crippen LogP contribution in [0.1, 0.15) is 32.1 Å². The highest BCUT2D eigenvalue weighted by molar-refractivity contribution is 5.76. The van der Waals surface area contributed by atoms with Gasteiger partial charge in [0.25, 0.3) is 0 Å². The molecular formula is C12H22N2O2. The normalized spacial score (nSPS) is 22.0. The lowest BCUT2D eigenvalue weighted by Crippen LogP contribution is -2.32. The third kappa shape index (κ3) is 4.49. The summed E-state index contributed by atoms with van der Waals surface area (Å²) >= 11 is 0. The van der Waals surface area contributed by atoms with Crippen LogP contribution in [-0.2, 0) is 9.53 Å². The van der Waals surface area contributed by atoms with Gasteiger partial charge < -0.3 is 15.4 Å². The van der Waals surface area contributed by atoms with Gasteiger partial charge in [-0.25, -0.2) is 0 Å². The zero-order valence-corrected chi connectivity index (χ0v) is 9.84. The minimum atomic E-state index is 0.196. The average Bonchev–Trinajstić information content (AvgIpc) is 3.10. The minimum absolute atomic E-state index is 0.196. The predicted octanol–water partition coefficient (Wildman–Crippen LogP) is 0.671. The molecule has 1 aliphatic carbocycles. The zero-order chi connectivity index (χ0) is 11.2. The van der Waals surface area contributed by atoms with Gasteiger partial charge in [0.2, 0.25) is 5.91 Å². The van der Waals surface area contributed by atoms with Crippen molar-refractivity contribution in [2.45, 2.75) is 38.1 Å². The highest BCUT2D eigenvalue weighted by atomic mass is 16.5. The third-order valence-electron chi connectivity index (χ3n) is 3.25. The van der Waals surface area contributed by atoms with Crippen molar-refractivity contribution < 1.29 is 9.53 Å². The fraction of sp³-hybridized carbons (Fsp3) is 0.917. The molecule has 2 rings (SSSR count). The Labute approximate surface area is 97.1 Å². The van der Waals surface area contributed by atoms with Crippen molar-refractivity contribution in [3.05, 3.63) is 0 Å². The van der Waals surface area contributed by atoms with E-state index >= 15 is 0 Å². The van der Waals surface area contributed by atoms with Gasteiger partial charge in [-0.2, -0.15) is 0 Å². The van der Waals surface area contributed by atoms with Crippen molar-refractivity contribution in [3.63, 3.8) is 0 Å². The highest BCUT2D eigenvalue weighted by Gasteiger charge is 2.22. The predicted molar refractivity (Wildman–Crippen MR) is 62.2 cm³/mol. The van der Waals surface area contributed by atoms with Gasteiger partial charge in [-0.1, -0.05) is 0 Å². The molecule has 1 saturated carbocycles. The molecule has 1 heterocycles. The first kappa shape index (κ1) is 11.9. The second kappa shape index (κ2) is 6.21. The van der Waals surface area contributed by atoms with Gasteiger partial charge >= 0.3 is 0 Å². The van der Waals surface area contributed by atoms with Gasteiger partial charge in [0, 0.05) is 32.2 Å². The van der Waals surface area contributed by atoms with E-state index in [-0.39, 0.29) is 5.91 Å². The van der Waals surface area contributed by atoms with Crippen molar-refractivity contribution in [1.29, 1.82) is 0 Å². The van der Waals surface area contributed by atoms with Gasteiger partial charge in [-0.3, -0.25) is 4.79 Å². The Kier molecular flexibility index (Phi) is 4.60. The van der Waals surface area contributed by atoms with Gasteiger partial charge in [0.1, 0.15) is 0 Å². The van der Waals surface area contributed by atoms with E-state index in [9.17, 15) is 4.79 Å². The first-order valence-electron chi connectivity index (χ1n) is 6.42. The molecule has 0 bridgehead atoms. The van der Waals surface area contributed by atoms with Crippen molar-refractivity contribution in [3.8, 4) is 0 Å². The summed E-state index contributed by atoms with van der Waals surface area (Å²) in [5.74, 6) is 0.933. The summed E-state index contributed by atoms with van der Waals surface area (Å²) in [7, 11) is 0. The maximum Gasteiger partial charge on any atom is 0.221 e. The number of carbonyl (C=O) groups is 1. The molecule has 4 heteroatoms. The zero-order valence-electron chi connectivity index (χ0n) is 9.84. The molecule has 0 radical (unpaired) electrons. The smallest absolute Gasteiger partial charge is 0.221 e. The summed E-state index contributed by atoms with van der Waals surface area (Å²) in [5, 5.41) is 6.36. The van der Waals surface area contributed by atoms with Crippen molar-refractivity contribution in [1.82, 2.24) is 10.6 Å². The second-order valence-electron chi connectivity index (χ2n) is 4.85. The summed E-state index contributed by atoms with van der Waals surface area (Å²) in [6, 6.07) is 0.489. The minimum Gasteiger partial charge on any atom is -0.381 e. The summed E-state index contributed by atoms with van der Waals surface area (Å²) in [6.45, 7) is 3.62. The van der Waals surface area contributed by atoms with Gasteiger partial charge in [0.15, 0.2) is 0 Å². The number of amides is 1. The maximum absolute atomic E-state index is 11.4. The number of nitrogens with one attached hydrogen (secondary N) is 2. The first-order chi connectivity index (χ1) is 7.84. The molecule has 1 aliphatic heterocycles. The molecule has 4 nitrogen and oxygen atoms in total. The van der Waals surface area contributed by atoms with Crippen LogP contribution in [0.5, 0.6) is 0 Å². The molecular weight excluding hydrogens is 204 g/mol. The van der Waals surface area contributed by atoms with Gasteiger partial charge in [-0.05, 0) is 38.1 Å². The molecule has 0 aromatic heterocycles. The van der Waals surface area contributed by atoms with Crippen molar-refractivity contribution in [2.24, 2.45) is 5.92 Å². The summed E-state index contributed by atoms with van der Waals surface area (Å²) in [4.78, 5) is 11.4. The summed E-state index contributed by atoms with van der Waals surface area (Å²) in [5.41, 5.74) is 0. The van der Waals surface area contributed by atoms with E-state index in [4.69, 9.17) is 4.74 Å². The lowest BCUT2D eigenvalue weighted by atomic mass is 10.0. The van der Waals surface area contributed by atoms with Gasteiger partial charge in [0.05, 0.1) is 0 Å². The van der Waals surface area contributed by atoms with E-state index in [1.165, 1.54) is 12.8 Å². The van der Waals surface area contributed by atoms with Crippen molar-refractivity contribution in [2.75, 3.05) is 26.3 Å². The Morgan fingerprint density at radius 3 is 2.62 bits per heavy atom. The quantitative estimate of drug-likeness (QED) is 0.655. The molecule has 2 fully saturated rings.